The zero-order chi connectivity index (χ0) is 18.4. The molecule has 0 atom stereocenters. The number of methoxy groups -OCH3 is 2. The molecular weight excluding hydrogens is 365 g/mol. The molecule has 0 saturated carbocycles. The molecule has 0 aromatic heterocycles. The second-order valence-electron chi connectivity index (χ2n) is 5.12. The third-order valence-electron chi connectivity index (χ3n) is 3.58. The molecule has 0 aliphatic heterocycles. The Labute approximate surface area is 156 Å². The van der Waals surface area contributed by atoms with Crippen LogP contribution in [0.3, 0.4) is 0 Å². The number of hydrogen-bond donors (Lipinski definition) is 0. The van der Waals surface area contributed by atoms with Gasteiger partial charge in [0.25, 0.3) is 0 Å². The van der Waals surface area contributed by atoms with E-state index in [4.69, 9.17) is 27.9 Å². The van der Waals surface area contributed by atoms with E-state index in [0.717, 1.165) is 5.56 Å². The minimum Gasteiger partial charge on any atom is -0.495 e. The number of esters is 1. The zero-order valence-electron chi connectivity index (χ0n) is 13.8. The predicted octanol–water partition coefficient (Wildman–Crippen LogP) is 3.91. The molecule has 0 radical (unpaired) electrons. The normalized spacial score (nSPS) is 10.2. The van der Waals surface area contributed by atoms with E-state index in [1.165, 1.54) is 19.1 Å². The quantitative estimate of drug-likeness (QED) is 0.562. The lowest BCUT2D eigenvalue weighted by molar-refractivity contribution is -0.116. The first kappa shape index (κ1) is 19.1. The molecule has 0 saturated heterocycles. The number of rotatable bonds is 6. The van der Waals surface area contributed by atoms with Crippen LogP contribution in [0.25, 0.3) is 0 Å². The molecule has 0 unspecified atom stereocenters. The Morgan fingerprint density at radius 2 is 1.76 bits per heavy atom. The standard InChI is InChI=1S/C18H17Cl2NO4/c1-24-16-8-7-14(9-15(16)20)21(17(22)10-19)11-12-3-5-13(6-4-12)18(23)25-2/h3-9H,10-11H2,1-2H3. The Hall–Kier alpha value is -2.24. The van der Waals surface area contributed by atoms with Crippen molar-refractivity contribution < 1.29 is 19.1 Å². The Morgan fingerprint density at radius 3 is 2.28 bits per heavy atom. The van der Waals surface area contributed by atoms with Gasteiger partial charge in [0.1, 0.15) is 11.6 Å². The van der Waals surface area contributed by atoms with Crippen LogP contribution in [0.4, 0.5) is 5.69 Å². The van der Waals surface area contributed by atoms with Gasteiger partial charge in [-0.15, -0.1) is 11.6 Å². The molecule has 0 N–H and O–H groups in total. The summed E-state index contributed by atoms with van der Waals surface area (Å²) in [6, 6.07) is 11.9. The fraction of sp³-hybridized carbons (Fsp3) is 0.222. The van der Waals surface area contributed by atoms with Crippen LogP contribution in [0, 0.1) is 0 Å². The molecule has 0 heterocycles. The van der Waals surface area contributed by atoms with Crippen LogP contribution in [-0.2, 0) is 16.1 Å². The maximum Gasteiger partial charge on any atom is 0.337 e. The number of anilines is 1. The first-order valence-corrected chi connectivity index (χ1v) is 8.28. The topological polar surface area (TPSA) is 55.8 Å². The third-order valence-corrected chi connectivity index (χ3v) is 4.10. The summed E-state index contributed by atoms with van der Waals surface area (Å²) in [6.07, 6.45) is 0. The van der Waals surface area contributed by atoms with Gasteiger partial charge in [0.05, 0.1) is 31.4 Å². The number of ether oxygens (including phenoxy) is 2. The van der Waals surface area contributed by atoms with Crippen LogP contribution in [0.1, 0.15) is 15.9 Å². The summed E-state index contributed by atoms with van der Waals surface area (Å²) in [4.78, 5) is 25.3. The van der Waals surface area contributed by atoms with E-state index in [1.807, 2.05) is 0 Å². The molecule has 0 aliphatic rings. The monoisotopic (exact) mass is 381 g/mol. The van der Waals surface area contributed by atoms with Crippen molar-refractivity contribution in [2.24, 2.45) is 0 Å². The van der Waals surface area contributed by atoms with E-state index >= 15 is 0 Å². The van der Waals surface area contributed by atoms with Gasteiger partial charge in [-0.1, -0.05) is 23.7 Å². The van der Waals surface area contributed by atoms with E-state index in [-0.39, 0.29) is 18.3 Å². The summed E-state index contributed by atoms with van der Waals surface area (Å²) in [5.74, 6) is -0.322. The van der Waals surface area contributed by atoms with Crippen LogP contribution >= 0.6 is 23.2 Å². The van der Waals surface area contributed by atoms with Crippen molar-refractivity contribution in [3.8, 4) is 5.75 Å². The van der Waals surface area contributed by atoms with Gasteiger partial charge in [0.2, 0.25) is 5.91 Å². The maximum absolute atomic E-state index is 12.2. The van der Waals surface area contributed by atoms with Crippen LogP contribution in [0.15, 0.2) is 42.5 Å². The molecule has 2 aromatic rings. The minimum atomic E-state index is -0.415. The lowest BCUT2D eigenvalue weighted by Gasteiger charge is -2.23. The average molecular weight is 382 g/mol. The van der Waals surface area contributed by atoms with Crippen LogP contribution in [0.5, 0.6) is 5.75 Å². The second-order valence-corrected chi connectivity index (χ2v) is 5.80. The SMILES string of the molecule is COC(=O)c1ccc(CN(C(=O)CCl)c2ccc(OC)c(Cl)c2)cc1. The zero-order valence-corrected chi connectivity index (χ0v) is 15.3. The molecule has 7 heteroatoms. The van der Waals surface area contributed by atoms with Gasteiger partial charge >= 0.3 is 5.97 Å². The summed E-state index contributed by atoms with van der Waals surface area (Å²) in [6.45, 7) is 0.287. The van der Waals surface area contributed by atoms with E-state index in [0.29, 0.717) is 22.0 Å². The molecular formula is C18H17Cl2NO4. The predicted molar refractivity (Wildman–Crippen MR) is 97.7 cm³/mol. The number of benzene rings is 2. The van der Waals surface area contributed by atoms with Crippen LogP contribution < -0.4 is 9.64 Å². The molecule has 2 aromatic carbocycles. The van der Waals surface area contributed by atoms with E-state index in [9.17, 15) is 9.59 Å². The van der Waals surface area contributed by atoms with Gasteiger partial charge in [-0.3, -0.25) is 4.79 Å². The van der Waals surface area contributed by atoms with Crippen molar-refractivity contribution >= 4 is 40.8 Å². The van der Waals surface area contributed by atoms with Crippen LogP contribution in [-0.4, -0.2) is 32.0 Å². The number of carbonyl (C=O) groups is 2. The molecule has 2 rings (SSSR count). The highest BCUT2D eigenvalue weighted by Gasteiger charge is 2.17. The number of amides is 1. The van der Waals surface area contributed by atoms with Crippen molar-refractivity contribution in [3.63, 3.8) is 0 Å². The highest BCUT2D eigenvalue weighted by atomic mass is 35.5. The van der Waals surface area contributed by atoms with Gasteiger partial charge in [-0.05, 0) is 35.9 Å². The summed E-state index contributed by atoms with van der Waals surface area (Å²) in [5.41, 5.74) is 1.88. The highest BCUT2D eigenvalue weighted by Crippen LogP contribution is 2.30. The smallest absolute Gasteiger partial charge is 0.337 e. The lowest BCUT2D eigenvalue weighted by atomic mass is 10.1. The number of halogens is 2. The van der Waals surface area contributed by atoms with Crippen molar-refractivity contribution in [2.45, 2.75) is 6.54 Å². The van der Waals surface area contributed by atoms with Gasteiger partial charge in [-0.2, -0.15) is 0 Å². The number of nitrogens with zero attached hydrogens (tertiary/aromatic N) is 1. The highest BCUT2D eigenvalue weighted by molar-refractivity contribution is 6.32. The number of hydrogen-bond acceptors (Lipinski definition) is 4. The van der Waals surface area contributed by atoms with Crippen molar-refractivity contribution in [3.05, 3.63) is 58.6 Å². The minimum absolute atomic E-state index is 0.163. The molecule has 0 aliphatic carbocycles. The van der Waals surface area contributed by atoms with Crippen molar-refractivity contribution in [1.82, 2.24) is 0 Å². The largest absolute Gasteiger partial charge is 0.495 e. The third kappa shape index (κ3) is 4.65. The van der Waals surface area contributed by atoms with Gasteiger partial charge < -0.3 is 14.4 Å². The number of carbonyl (C=O) groups excluding carboxylic acids is 2. The first-order chi connectivity index (χ1) is 12.0. The molecule has 132 valence electrons. The second kappa shape index (κ2) is 8.74. The Morgan fingerprint density at radius 1 is 1.08 bits per heavy atom. The maximum atomic E-state index is 12.2. The van der Waals surface area contributed by atoms with Gasteiger partial charge in [0.15, 0.2) is 0 Å². The molecule has 0 bridgehead atoms. The van der Waals surface area contributed by atoms with Gasteiger partial charge in [0, 0.05) is 5.69 Å². The Bertz CT molecular complexity index is 762. The molecule has 0 fully saturated rings. The summed E-state index contributed by atoms with van der Waals surface area (Å²) < 4.78 is 9.80. The molecule has 5 nitrogen and oxygen atoms in total. The molecule has 0 spiro atoms. The van der Waals surface area contributed by atoms with Gasteiger partial charge in [-0.25, -0.2) is 4.79 Å². The van der Waals surface area contributed by atoms with E-state index in [2.05, 4.69) is 4.74 Å². The van der Waals surface area contributed by atoms with E-state index in [1.54, 1.807) is 42.5 Å². The van der Waals surface area contributed by atoms with Crippen molar-refractivity contribution in [1.29, 1.82) is 0 Å². The van der Waals surface area contributed by atoms with Crippen LogP contribution in [0.2, 0.25) is 5.02 Å². The van der Waals surface area contributed by atoms with E-state index < -0.39 is 5.97 Å². The fourth-order valence-electron chi connectivity index (χ4n) is 2.27. The molecule has 1 amide bonds. The average Bonchev–Trinajstić information content (AvgIpc) is 2.65. The Balaban J connectivity index is 2.28. The number of alkyl halides is 1. The molecule has 25 heavy (non-hydrogen) atoms. The summed E-state index contributed by atoms with van der Waals surface area (Å²) >= 11 is 11.9. The summed E-state index contributed by atoms with van der Waals surface area (Å²) in [5, 5.41) is 0.397. The summed E-state index contributed by atoms with van der Waals surface area (Å²) in [7, 11) is 2.84. The fourth-order valence-corrected chi connectivity index (χ4v) is 2.66. The first-order valence-electron chi connectivity index (χ1n) is 7.37. The van der Waals surface area contributed by atoms with Crippen molar-refractivity contribution in [2.75, 3.05) is 25.0 Å². The Kier molecular flexibility index (Phi) is 6.67. The lowest BCUT2D eigenvalue weighted by Crippen LogP contribution is -2.31.